The lowest BCUT2D eigenvalue weighted by Crippen LogP contribution is -2.49. The number of thiophene rings is 1. The zero-order valence-corrected chi connectivity index (χ0v) is 26.6. The van der Waals surface area contributed by atoms with Crippen LogP contribution in [0.4, 0.5) is 16.2 Å². The number of morpholine rings is 1. The summed E-state index contributed by atoms with van der Waals surface area (Å²) in [6, 6.07) is 8.66. The Labute approximate surface area is 278 Å². The van der Waals surface area contributed by atoms with Crippen molar-refractivity contribution in [3.05, 3.63) is 63.8 Å². The highest BCUT2D eigenvalue weighted by Crippen LogP contribution is 2.27. The zero-order valence-electron chi connectivity index (χ0n) is 23.4. The van der Waals surface area contributed by atoms with Gasteiger partial charge in [-0.3, -0.25) is 34.3 Å². The molecule has 2 atom stereocenters. The normalized spacial score (nSPS) is 16.8. The number of aromatic amines is 1. The maximum Gasteiger partial charge on any atom is 0.414 e. The first-order chi connectivity index (χ1) is 20.7. The molecule has 0 spiro atoms. The van der Waals surface area contributed by atoms with Crippen LogP contribution in [0.2, 0.25) is 4.34 Å². The Morgan fingerprint density at radius 1 is 1.13 bits per heavy atom. The standard InChI is InChI=1S/C27H27ClN6O8S.2ClH/c28-22-6-5-21(43-22)25(37)34(23(35)11-30-20(26(38)39)9-16-10-29-15-31-16)13-19-12-33(27(40)42-19)18-3-1-17(2-4-18)32-7-8-41-14-24(32)36;;/h1-6,10,15,19-20,30H,7-9,11-14H2,(H,29,31)(H,38,39);2*1H/t19-,20-;;/m1../s1. The molecule has 0 unspecified atom stereocenters. The average Bonchev–Trinajstić information content (AvgIpc) is 3.75. The molecule has 3 N–H and O–H groups in total. The third kappa shape index (κ3) is 8.71. The summed E-state index contributed by atoms with van der Waals surface area (Å²) in [5, 5.41) is 12.3. The molecule has 0 bridgehead atoms. The molecular weight excluding hydrogens is 675 g/mol. The molecule has 0 radical (unpaired) electrons. The maximum absolute atomic E-state index is 13.4. The van der Waals surface area contributed by atoms with E-state index in [0.717, 1.165) is 16.2 Å². The Morgan fingerprint density at radius 3 is 2.44 bits per heavy atom. The van der Waals surface area contributed by atoms with E-state index in [0.29, 0.717) is 34.6 Å². The molecule has 2 saturated heterocycles. The van der Waals surface area contributed by atoms with Gasteiger partial charge in [-0.1, -0.05) is 11.6 Å². The molecule has 3 aromatic rings. The van der Waals surface area contributed by atoms with Gasteiger partial charge in [0.05, 0.1) is 41.8 Å². The average molecular weight is 704 g/mol. The Morgan fingerprint density at radius 2 is 1.84 bits per heavy atom. The van der Waals surface area contributed by atoms with Crippen molar-refractivity contribution in [2.45, 2.75) is 18.6 Å². The minimum Gasteiger partial charge on any atom is -0.480 e. The molecule has 4 heterocycles. The molecule has 4 amide bonds. The van der Waals surface area contributed by atoms with Crippen molar-refractivity contribution in [3.63, 3.8) is 0 Å². The first kappa shape index (κ1) is 35.7. The second kappa shape index (κ2) is 16.0. The van der Waals surface area contributed by atoms with Crippen molar-refractivity contribution < 1.29 is 38.6 Å². The number of amides is 4. The van der Waals surface area contributed by atoms with E-state index in [1.54, 1.807) is 29.2 Å². The van der Waals surface area contributed by atoms with Gasteiger partial charge in [-0.15, -0.1) is 36.2 Å². The molecule has 45 heavy (non-hydrogen) atoms. The van der Waals surface area contributed by atoms with E-state index in [1.807, 2.05) is 0 Å². The van der Waals surface area contributed by atoms with Crippen molar-refractivity contribution in [2.75, 3.05) is 49.2 Å². The predicted molar refractivity (Wildman–Crippen MR) is 169 cm³/mol. The van der Waals surface area contributed by atoms with Crippen molar-refractivity contribution in [1.29, 1.82) is 0 Å². The van der Waals surface area contributed by atoms with Gasteiger partial charge >= 0.3 is 12.1 Å². The number of nitrogens with one attached hydrogen (secondary N) is 2. The molecule has 0 aliphatic carbocycles. The van der Waals surface area contributed by atoms with Gasteiger partial charge in [0, 0.05) is 36.2 Å². The summed E-state index contributed by atoms with van der Waals surface area (Å²) in [5.74, 6) is -2.71. The SMILES string of the molecule is Cl.Cl.O=C(O)[C@@H](Cc1cnc[nH]1)NCC(=O)N(C[C@H]1CN(c2ccc(N3CCOCC3=O)cc2)C(=O)O1)C(=O)c1ccc(Cl)s1. The molecule has 2 aliphatic heterocycles. The van der Waals surface area contributed by atoms with Crippen LogP contribution in [0.5, 0.6) is 0 Å². The molecule has 2 fully saturated rings. The van der Waals surface area contributed by atoms with Crippen LogP contribution in [0.25, 0.3) is 0 Å². The van der Waals surface area contributed by atoms with Crippen LogP contribution in [0.15, 0.2) is 48.9 Å². The number of ether oxygens (including phenoxy) is 2. The lowest BCUT2D eigenvalue weighted by molar-refractivity contribution is -0.139. The molecule has 2 aliphatic rings. The third-order valence-electron chi connectivity index (χ3n) is 6.83. The van der Waals surface area contributed by atoms with Gasteiger partial charge in [-0.25, -0.2) is 9.78 Å². The minimum atomic E-state index is -1.19. The van der Waals surface area contributed by atoms with E-state index < -0.39 is 42.6 Å². The molecule has 242 valence electrons. The predicted octanol–water partition coefficient (Wildman–Crippen LogP) is 2.61. The van der Waals surface area contributed by atoms with Gasteiger partial charge in [0.15, 0.2) is 0 Å². The number of aromatic nitrogens is 2. The number of hydrogen-bond acceptors (Lipinski definition) is 10. The Balaban J connectivity index is 0.00000276. The van der Waals surface area contributed by atoms with Gasteiger partial charge in [0.1, 0.15) is 18.8 Å². The lowest BCUT2D eigenvalue weighted by Gasteiger charge is -2.27. The molecule has 1 aromatic carbocycles. The Hall–Kier alpha value is -3.73. The van der Waals surface area contributed by atoms with Crippen molar-refractivity contribution in [2.24, 2.45) is 0 Å². The van der Waals surface area contributed by atoms with Crippen molar-refractivity contribution in [3.8, 4) is 0 Å². The number of imide groups is 1. The topological polar surface area (TPSA) is 174 Å². The number of carboxylic acid groups (broad SMARTS) is 1. The quantitative estimate of drug-likeness (QED) is 0.269. The number of carbonyl (C=O) groups is 5. The van der Waals surface area contributed by atoms with Crippen molar-refractivity contribution >= 4 is 88.9 Å². The molecular formula is C27H29Cl3N6O8S. The summed E-state index contributed by atoms with van der Waals surface area (Å²) in [5.41, 5.74) is 1.73. The van der Waals surface area contributed by atoms with Crippen LogP contribution in [0.3, 0.4) is 0 Å². The van der Waals surface area contributed by atoms with E-state index in [2.05, 4.69) is 15.3 Å². The molecule has 18 heteroatoms. The zero-order chi connectivity index (χ0) is 30.5. The fraction of sp³-hybridized carbons (Fsp3) is 0.333. The highest BCUT2D eigenvalue weighted by atomic mass is 35.5. The number of benzene rings is 1. The Bertz CT molecular complexity index is 1510. The monoisotopic (exact) mass is 702 g/mol. The second-order valence-electron chi connectivity index (χ2n) is 9.70. The van der Waals surface area contributed by atoms with Gasteiger partial charge < -0.3 is 24.5 Å². The maximum atomic E-state index is 13.4. The number of carboxylic acids is 1. The fourth-order valence-electron chi connectivity index (χ4n) is 4.66. The molecule has 5 rings (SSSR count). The number of nitrogens with zero attached hydrogens (tertiary/aromatic N) is 4. The van der Waals surface area contributed by atoms with Crippen LogP contribution in [-0.4, -0.2) is 101 Å². The van der Waals surface area contributed by atoms with Gasteiger partial charge in [-0.2, -0.15) is 0 Å². The number of H-pyrrole nitrogens is 1. The number of halogens is 3. The van der Waals surface area contributed by atoms with E-state index in [-0.39, 0.29) is 61.7 Å². The van der Waals surface area contributed by atoms with E-state index >= 15 is 0 Å². The summed E-state index contributed by atoms with van der Waals surface area (Å²) >= 11 is 7.00. The summed E-state index contributed by atoms with van der Waals surface area (Å²) < 4.78 is 11.0. The number of rotatable bonds is 11. The first-order valence-corrected chi connectivity index (χ1v) is 14.4. The van der Waals surface area contributed by atoms with Crippen molar-refractivity contribution in [1.82, 2.24) is 20.2 Å². The van der Waals surface area contributed by atoms with E-state index in [9.17, 15) is 29.1 Å². The number of anilines is 2. The summed E-state index contributed by atoms with van der Waals surface area (Å²) in [6.07, 6.45) is 1.40. The minimum absolute atomic E-state index is 0. The number of imidazole rings is 1. The number of aliphatic carboxylic acids is 1. The van der Waals surface area contributed by atoms with Crippen LogP contribution in [0.1, 0.15) is 15.4 Å². The van der Waals surface area contributed by atoms with E-state index in [4.69, 9.17) is 21.1 Å². The summed E-state index contributed by atoms with van der Waals surface area (Å²) in [7, 11) is 0. The highest BCUT2D eigenvalue weighted by molar-refractivity contribution is 7.18. The van der Waals surface area contributed by atoms with Crippen LogP contribution >= 0.6 is 47.8 Å². The van der Waals surface area contributed by atoms with Crippen LogP contribution in [0, 0.1) is 0 Å². The van der Waals surface area contributed by atoms with Crippen LogP contribution < -0.4 is 15.1 Å². The second-order valence-corrected chi connectivity index (χ2v) is 11.4. The molecule has 2 aromatic heterocycles. The summed E-state index contributed by atoms with van der Waals surface area (Å²) in [4.78, 5) is 74.2. The van der Waals surface area contributed by atoms with Gasteiger partial charge in [0.25, 0.3) is 11.8 Å². The third-order valence-corrected chi connectivity index (χ3v) is 8.05. The smallest absolute Gasteiger partial charge is 0.414 e. The van der Waals surface area contributed by atoms with E-state index in [1.165, 1.54) is 29.6 Å². The first-order valence-electron chi connectivity index (χ1n) is 13.2. The molecule has 0 saturated carbocycles. The fourth-order valence-corrected chi connectivity index (χ4v) is 5.66. The molecule has 14 nitrogen and oxygen atoms in total. The number of cyclic esters (lactones) is 1. The number of hydrogen-bond donors (Lipinski definition) is 3. The number of carbonyl (C=O) groups excluding carboxylic acids is 4. The van der Waals surface area contributed by atoms with Gasteiger partial charge in [-0.05, 0) is 36.4 Å². The summed E-state index contributed by atoms with van der Waals surface area (Å²) in [6.45, 7) is 0.157. The largest absolute Gasteiger partial charge is 0.480 e. The highest BCUT2D eigenvalue weighted by Gasteiger charge is 2.37. The van der Waals surface area contributed by atoms with Gasteiger partial charge in [0.2, 0.25) is 5.91 Å². The lowest BCUT2D eigenvalue weighted by atomic mass is 10.1. The Kier molecular flexibility index (Phi) is 12.7. The van der Waals surface area contributed by atoms with Crippen LogP contribution in [-0.2, 0) is 30.3 Å².